The maximum atomic E-state index is 12.7. The fourth-order valence-corrected chi connectivity index (χ4v) is 7.44. The molecular formula is C15H25N2O4PS. The van der Waals surface area contributed by atoms with Gasteiger partial charge < -0.3 is 9.05 Å². The Hall–Kier alpha value is -0.720. The van der Waals surface area contributed by atoms with Crippen LogP contribution in [0.15, 0.2) is 33.3 Å². The van der Waals surface area contributed by atoms with E-state index in [1.54, 1.807) is 24.3 Å². The summed E-state index contributed by atoms with van der Waals surface area (Å²) in [5.41, 5.74) is 0.993. The molecule has 1 heterocycles. The highest BCUT2D eigenvalue weighted by atomic mass is 32.2. The molecular weight excluding hydrogens is 335 g/mol. The Kier molecular flexibility index (Phi) is 5.69. The van der Waals surface area contributed by atoms with Crippen LogP contribution in [-0.4, -0.2) is 38.4 Å². The second-order valence-corrected chi connectivity index (χ2v) is 10.1. The third kappa shape index (κ3) is 4.03. The van der Waals surface area contributed by atoms with Gasteiger partial charge in [0.05, 0.1) is 18.1 Å². The minimum atomic E-state index is -3.85. The molecule has 1 aliphatic rings. The molecule has 0 atom stereocenters. The van der Waals surface area contributed by atoms with E-state index in [2.05, 4.69) is 4.15 Å². The van der Waals surface area contributed by atoms with Gasteiger partial charge in [-0.15, -0.1) is 4.15 Å². The summed E-state index contributed by atoms with van der Waals surface area (Å²) in [6.45, 7) is 10.6. The Morgan fingerprint density at radius 3 is 1.96 bits per heavy atom. The lowest BCUT2D eigenvalue weighted by Crippen LogP contribution is -2.34. The van der Waals surface area contributed by atoms with Crippen molar-refractivity contribution in [3.05, 3.63) is 29.8 Å². The monoisotopic (exact) mass is 360 g/mol. The molecule has 8 heteroatoms. The predicted molar refractivity (Wildman–Crippen MR) is 91.7 cm³/mol. The lowest BCUT2D eigenvalue weighted by molar-refractivity contribution is 0.243. The molecule has 0 spiro atoms. The average molecular weight is 360 g/mol. The molecule has 6 nitrogen and oxygen atoms in total. The van der Waals surface area contributed by atoms with Crippen LogP contribution in [0.25, 0.3) is 0 Å². The molecule has 1 saturated heterocycles. The van der Waals surface area contributed by atoms with Gasteiger partial charge in [-0.05, 0) is 46.8 Å². The fraction of sp³-hybridized carbons (Fsp3) is 0.600. The third-order valence-electron chi connectivity index (χ3n) is 3.48. The standard InChI is InChI=1S/C15H25N2O4PS/c1-12(2)17(13(3)4)22(20-10-11-21-22)16-23(18,19)15-8-6-14(5)7-9-15/h6-9,12-13H,10-11H2,1-5H3. The molecule has 0 bridgehead atoms. The van der Waals surface area contributed by atoms with Crippen molar-refractivity contribution in [3.8, 4) is 0 Å². The van der Waals surface area contributed by atoms with E-state index in [-0.39, 0.29) is 17.0 Å². The molecule has 23 heavy (non-hydrogen) atoms. The van der Waals surface area contributed by atoms with E-state index in [0.717, 1.165) is 5.56 Å². The third-order valence-corrected chi connectivity index (χ3v) is 8.58. The summed E-state index contributed by atoms with van der Waals surface area (Å²) >= 11 is 0. The predicted octanol–water partition coefficient (Wildman–Crippen LogP) is 3.80. The van der Waals surface area contributed by atoms with E-state index < -0.39 is 17.7 Å². The van der Waals surface area contributed by atoms with Gasteiger partial charge in [0.1, 0.15) is 0 Å². The highest BCUT2D eigenvalue weighted by molar-refractivity contribution is 7.93. The summed E-state index contributed by atoms with van der Waals surface area (Å²) in [5, 5.41) is 0. The van der Waals surface area contributed by atoms with Crippen molar-refractivity contribution in [2.24, 2.45) is 4.15 Å². The van der Waals surface area contributed by atoms with Gasteiger partial charge in [-0.1, -0.05) is 17.7 Å². The van der Waals surface area contributed by atoms with Gasteiger partial charge in [0.2, 0.25) is 0 Å². The molecule has 0 amide bonds. The van der Waals surface area contributed by atoms with E-state index in [1.807, 2.05) is 39.3 Å². The molecule has 0 aliphatic carbocycles. The molecule has 0 radical (unpaired) electrons. The molecule has 130 valence electrons. The zero-order chi connectivity index (χ0) is 17.3. The van der Waals surface area contributed by atoms with Gasteiger partial charge in [0, 0.05) is 12.1 Å². The van der Waals surface area contributed by atoms with Crippen LogP contribution in [0.5, 0.6) is 0 Å². The highest BCUT2D eigenvalue weighted by Gasteiger charge is 2.41. The molecule has 1 aromatic rings. The smallest absolute Gasteiger partial charge is 0.306 e. The van der Waals surface area contributed by atoms with Crippen LogP contribution in [0.4, 0.5) is 0 Å². The summed E-state index contributed by atoms with van der Waals surface area (Å²) in [4.78, 5) is 0.161. The summed E-state index contributed by atoms with van der Waals surface area (Å²) < 4.78 is 43.1. The van der Waals surface area contributed by atoms with E-state index in [0.29, 0.717) is 13.2 Å². The Labute approximate surface area is 139 Å². The van der Waals surface area contributed by atoms with Crippen LogP contribution < -0.4 is 0 Å². The van der Waals surface area contributed by atoms with Crippen LogP contribution >= 0.6 is 7.66 Å². The zero-order valence-corrected chi connectivity index (χ0v) is 16.0. The molecule has 0 saturated carbocycles. The maximum Gasteiger partial charge on any atom is 0.306 e. The van der Waals surface area contributed by atoms with Crippen LogP contribution in [0.2, 0.25) is 0 Å². The minimum absolute atomic E-state index is 0.0541. The summed E-state index contributed by atoms with van der Waals surface area (Å²) in [7, 11) is -6.85. The van der Waals surface area contributed by atoms with Crippen molar-refractivity contribution in [2.45, 2.75) is 51.6 Å². The molecule has 0 N–H and O–H groups in total. The van der Waals surface area contributed by atoms with Gasteiger partial charge in [0.25, 0.3) is 10.0 Å². The van der Waals surface area contributed by atoms with Gasteiger partial charge in [-0.3, -0.25) is 0 Å². The Balaban J connectivity index is 2.56. The van der Waals surface area contributed by atoms with Crippen molar-refractivity contribution in [3.63, 3.8) is 0 Å². The molecule has 2 rings (SSSR count). The van der Waals surface area contributed by atoms with E-state index in [1.165, 1.54) is 0 Å². The van der Waals surface area contributed by atoms with Crippen LogP contribution in [0.1, 0.15) is 33.3 Å². The van der Waals surface area contributed by atoms with Crippen molar-refractivity contribution in [1.82, 2.24) is 4.67 Å². The van der Waals surface area contributed by atoms with Crippen molar-refractivity contribution < 1.29 is 17.5 Å². The first-order valence-electron chi connectivity index (χ1n) is 7.71. The van der Waals surface area contributed by atoms with Crippen LogP contribution in [0, 0.1) is 6.92 Å². The van der Waals surface area contributed by atoms with Crippen molar-refractivity contribution in [1.29, 1.82) is 0 Å². The second-order valence-electron chi connectivity index (χ2n) is 6.09. The fourth-order valence-electron chi connectivity index (χ4n) is 2.65. The lowest BCUT2D eigenvalue weighted by atomic mass is 10.2. The maximum absolute atomic E-state index is 12.7. The van der Waals surface area contributed by atoms with E-state index in [9.17, 15) is 8.42 Å². The summed E-state index contributed by atoms with van der Waals surface area (Å²) in [5.74, 6) is 0. The van der Waals surface area contributed by atoms with Gasteiger partial charge >= 0.3 is 7.66 Å². The van der Waals surface area contributed by atoms with Gasteiger partial charge in [-0.2, -0.15) is 8.42 Å². The largest absolute Gasteiger partial charge is 0.309 e. The number of sulfonamides is 1. The highest BCUT2D eigenvalue weighted by Crippen LogP contribution is 2.61. The number of aryl methyl sites for hydroxylation is 1. The van der Waals surface area contributed by atoms with Crippen molar-refractivity contribution >= 4 is 17.7 Å². The SMILES string of the molecule is Cc1ccc(S(=O)(=O)N=P2(N(C(C)C)C(C)C)OCCO2)cc1. The molecule has 1 aromatic carbocycles. The van der Waals surface area contributed by atoms with Crippen LogP contribution in [0.3, 0.4) is 0 Å². The number of hydrogen-bond acceptors (Lipinski definition) is 4. The zero-order valence-electron chi connectivity index (χ0n) is 14.3. The van der Waals surface area contributed by atoms with E-state index in [4.69, 9.17) is 9.05 Å². The molecule has 1 aliphatic heterocycles. The first-order valence-corrected chi connectivity index (χ1v) is 10.7. The van der Waals surface area contributed by atoms with Gasteiger partial charge in [0.15, 0.2) is 0 Å². The minimum Gasteiger partial charge on any atom is -0.309 e. The normalized spacial score (nSPS) is 18.1. The number of hydrogen-bond donors (Lipinski definition) is 0. The number of benzene rings is 1. The lowest BCUT2D eigenvalue weighted by Gasteiger charge is -2.36. The summed E-state index contributed by atoms with van der Waals surface area (Å²) in [6.07, 6.45) is 0. The first-order chi connectivity index (χ1) is 10.7. The first kappa shape index (κ1) is 18.6. The Morgan fingerprint density at radius 2 is 1.52 bits per heavy atom. The Morgan fingerprint density at radius 1 is 1.04 bits per heavy atom. The molecule has 1 fully saturated rings. The van der Waals surface area contributed by atoms with Crippen LogP contribution in [-0.2, 0) is 19.1 Å². The number of rotatable bonds is 5. The Bertz CT molecular complexity index is 681. The van der Waals surface area contributed by atoms with Crippen molar-refractivity contribution in [2.75, 3.05) is 13.2 Å². The second kappa shape index (κ2) is 7.03. The van der Waals surface area contributed by atoms with Gasteiger partial charge in [-0.25, -0.2) is 4.67 Å². The molecule has 0 aromatic heterocycles. The quantitative estimate of drug-likeness (QED) is 0.747. The average Bonchev–Trinajstić information content (AvgIpc) is 2.86. The number of nitrogens with zero attached hydrogens (tertiary/aromatic N) is 2. The molecule has 0 unspecified atom stereocenters. The topological polar surface area (TPSA) is 68.2 Å². The van der Waals surface area contributed by atoms with E-state index >= 15 is 0 Å². The summed E-state index contributed by atoms with van der Waals surface area (Å²) in [6, 6.07) is 6.75.